The minimum Gasteiger partial charge on any atom is -0.408 e. The maximum atomic E-state index is 13.6. The predicted octanol–water partition coefficient (Wildman–Crippen LogP) is 2.97. The maximum Gasteiger partial charge on any atom is 0.455 e. The van der Waals surface area contributed by atoms with E-state index in [4.69, 9.17) is 0 Å². The van der Waals surface area contributed by atoms with Gasteiger partial charge in [-0.15, -0.1) is 0 Å². The van der Waals surface area contributed by atoms with Gasteiger partial charge >= 0.3 is 17.9 Å². The van der Waals surface area contributed by atoms with Crippen LogP contribution in [0.15, 0.2) is 27.4 Å². The van der Waals surface area contributed by atoms with Gasteiger partial charge in [0.1, 0.15) is 6.04 Å². The lowest BCUT2D eigenvalue weighted by molar-refractivity contribution is -0.294. The van der Waals surface area contributed by atoms with Crippen LogP contribution in [0.3, 0.4) is 0 Å². The largest absolute Gasteiger partial charge is 0.455 e. The molecule has 4 nitrogen and oxygen atoms in total. The van der Waals surface area contributed by atoms with Gasteiger partial charge < -0.3 is 9.73 Å². The number of aromatic nitrogens is 1. The van der Waals surface area contributed by atoms with Crippen molar-refractivity contribution in [2.75, 3.05) is 6.54 Å². The molecule has 1 heterocycles. The van der Waals surface area contributed by atoms with Crippen LogP contribution in [-0.2, 0) is 0 Å². The van der Waals surface area contributed by atoms with Crippen molar-refractivity contribution in [2.45, 2.75) is 25.1 Å². The van der Waals surface area contributed by atoms with Crippen molar-refractivity contribution in [1.82, 2.24) is 10.3 Å². The smallest absolute Gasteiger partial charge is 0.408 e. The van der Waals surface area contributed by atoms with Crippen LogP contribution in [0.1, 0.15) is 18.5 Å². The van der Waals surface area contributed by atoms with Crippen molar-refractivity contribution >= 4 is 11.1 Å². The highest BCUT2D eigenvalue weighted by molar-refractivity contribution is 5.73. The zero-order chi connectivity index (χ0) is 15.8. The molecule has 0 fully saturated rings. The molecule has 0 bridgehead atoms. The van der Waals surface area contributed by atoms with Crippen LogP contribution in [0, 0.1) is 0 Å². The van der Waals surface area contributed by atoms with Gasteiger partial charge in [0.2, 0.25) is 0 Å². The molecule has 2 rings (SSSR count). The van der Waals surface area contributed by atoms with Gasteiger partial charge in [0.25, 0.3) is 0 Å². The molecule has 0 amide bonds. The molecule has 2 N–H and O–H groups in total. The minimum absolute atomic E-state index is 0.0848. The molecule has 0 saturated heterocycles. The van der Waals surface area contributed by atoms with Gasteiger partial charge in [-0.3, -0.25) is 4.98 Å². The van der Waals surface area contributed by atoms with Crippen molar-refractivity contribution in [3.05, 3.63) is 34.3 Å². The molecule has 0 aliphatic rings. The van der Waals surface area contributed by atoms with Gasteiger partial charge in [-0.2, -0.15) is 22.0 Å². The molecule has 0 spiro atoms. The summed E-state index contributed by atoms with van der Waals surface area (Å²) in [5, 5.41) is 2.12. The fourth-order valence-corrected chi connectivity index (χ4v) is 1.96. The average molecular weight is 310 g/mol. The molecule has 1 aromatic heterocycles. The third kappa shape index (κ3) is 2.78. The topological polar surface area (TPSA) is 58.0 Å². The number of oxazole rings is 1. The number of hydrogen-bond donors (Lipinski definition) is 2. The van der Waals surface area contributed by atoms with Crippen molar-refractivity contribution in [3.63, 3.8) is 0 Å². The van der Waals surface area contributed by atoms with E-state index in [1.807, 2.05) is 0 Å². The van der Waals surface area contributed by atoms with E-state index < -0.39 is 23.9 Å². The molecular formula is C12H11F5N2O2. The number of alkyl halides is 5. The SMILES string of the molecule is CCNC(c1ccc2[nH]c(=O)oc2c1)C(F)(F)C(F)(F)F. The average Bonchev–Trinajstić information content (AvgIpc) is 2.73. The zero-order valence-corrected chi connectivity index (χ0v) is 10.7. The third-order valence-electron chi connectivity index (χ3n) is 2.93. The highest BCUT2D eigenvalue weighted by atomic mass is 19.4. The molecule has 1 unspecified atom stereocenters. The first-order chi connectivity index (χ1) is 9.66. The summed E-state index contributed by atoms with van der Waals surface area (Å²) in [5.41, 5.74) is -0.192. The Morgan fingerprint density at radius 1 is 1.29 bits per heavy atom. The molecule has 21 heavy (non-hydrogen) atoms. The number of H-pyrrole nitrogens is 1. The van der Waals surface area contributed by atoms with Crippen LogP contribution in [-0.4, -0.2) is 23.6 Å². The highest BCUT2D eigenvalue weighted by Crippen LogP contribution is 2.44. The first-order valence-corrected chi connectivity index (χ1v) is 5.97. The van der Waals surface area contributed by atoms with E-state index in [9.17, 15) is 26.7 Å². The molecule has 1 aromatic carbocycles. The number of aromatic amines is 1. The van der Waals surface area contributed by atoms with Crippen LogP contribution in [0.2, 0.25) is 0 Å². The number of fused-ring (bicyclic) bond motifs is 1. The van der Waals surface area contributed by atoms with Crippen molar-refractivity contribution < 1.29 is 26.4 Å². The van der Waals surface area contributed by atoms with Crippen LogP contribution in [0.5, 0.6) is 0 Å². The Hall–Kier alpha value is -1.90. The second kappa shape index (κ2) is 5.14. The number of halogens is 5. The van der Waals surface area contributed by atoms with Crippen LogP contribution >= 0.6 is 0 Å². The van der Waals surface area contributed by atoms with Gasteiger partial charge in [0.05, 0.1) is 5.52 Å². The van der Waals surface area contributed by atoms with Gasteiger partial charge in [-0.05, 0) is 24.2 Å². The fraction of sp³-hybridized carbons (Fsp3) is 0.417. The summed E-state index contributed by atoms with van der Waals surface area (Å²) in [5.74, 6) is -5.78. The first-order valence-electron chi connectivity index (χ1n) is 5.97. The predicted molar refractivity (Wildman–Crippen MR) is 64.3 cm³/mol. The first kappa shape index (κ1) is 15.5. The molecule has 0 aliphatic carbocycles. The normalized spacial score (nSPS) is 14.6. The van der Waals surface area contributed by atoms with Gasteiger partial charge in [0.15, 0.2) is 5.58 Å². The molecule has 116 valence electrons. The Balaban J connectivity index is 2.51. The standard InChI is InChI=1S/C12H11F5N2O2/c1-2-18-9(11(13,14)12(15,16)17)6-3-4-7-8(5-6)21-10(20)19-7/h3-5,9,18H,2H2,1H3,(H,19,20). The van der Waals surface area contributed by atoms with Crippen molar-refractivity contribution in [3.8, 4) is 0 Å². The second-order valence-electron chi connectivity index (χ2n) is 4.38. The third-order valence-corrected chi connectivity index (χ3v) is 2.93. The van der Waals surface area contributed by atoms with E-state index in [0.717, 1.165) is 12.1 Å². The maximum absolute atomic E-state index is 13.6. The Labute approximate surface area is 114 Å². The molecular weight excluding hydrogens is 299 g/mol. The number of nitrogens with one attached hydrogen (secondary N) is 2. The van der Waals surface area contributed by atoms with Crippen LogP contribution < -0.4 is 11.1 Å². The Bertz CT molecular complexity index is 689. The summed E-state index contributed by atoms with van der Waals surface area (Å²) in [6, 6.07) is 1.01. The van der Waals surface area contributed by atoms with Crippen molar-refractivity contribution in [2.24, 2.45) is 0 Å². The lowest BCUT2D eigenvalue weighted by Gasteiger charge is -2.29. The van der Waals surface area contributed by atoms with E-state index in [1.54, 1.807) is 0 Å². The van der Waals surface area contributed by atoms with Crippen LogP contribution in [0.4, 0.5) is 22.0 Å². The second-order valence-corrected chi connectivity index (χ2v) is 4.38. The summed E-state index contributed by atoms with van der Waals surface area (Å²) in [7, 11) is 0. The molecule has 0 aliphatic heterocycles. The van der Waals surface area contributed by atoms with E-state index >= 15 is 0 Å². The zero-order valence-electron chi connectivity index (χ0n) is 10.7. The van der Waals surface area contributed by atoms with E-state index in [-0.39, 0.29) is 23.2 Å². The summed E-state index contributed by atoms with van der Waals surface area (Å²) in [4.78, 5) is 13.3. The lowest BCUT2D eigenvalue weighted by atomic mass is 9.99. The monoisotopic (exact) mass is 310 g/mol. The summed E-state index contributed by atoms with van der Waals surface area (Å²) < 4.78 is 69.5. The van der Waals surface area contributed by atoms with E-state index in [1.165, 1.54) is 13.0 Å². The molecule has 1 atom stereocenters. The van der Waals surface area contributed by atoms with Crippen LogP contribution in [0.25, 0.3) is 11.1 Å². The molecule has 0 saturated carbocycles. The van der Waals surface area contributed by atoms with Gasteiger partial charge in [-0.25, -0.2) is 4.79 Å². The Morgan fingerprint density at radius 2 is 1.95 bits per heavy atom. The number of benzene rings is 1. The highest BCUT2D eigenvalue weighted by Gasteiger charge is 2.62. The van der Waals surface area contributed by atoms with E-state index in [0.29, 0.717) is 0 Å². The molecule has 9 heteroatoms. The summed E-state index contributed by atoms with van der Waals surface area (Å²) >= 11 is 0. The summed E-state index contributed by atoms with van der Waals surface area (Å²) in [6.45, 7) is 1.32. The minimum atomic E-state index is -5.70. The molecule has 2 aromatic rings. The van der Waals surface area contributed by atoms with Gasteiger partial charge in [-0.1, -0.05) is 13.0 Å². The number of hydrogen-bond acceptors (Lipinski definition) is 3. The Morgan fingerprint density at radius 3 is 2.52 bits per heavy atom. The Kier molecular flexibility index (Phi) is 3.79. The van der Waals surface area contributed by atoms with Crippen molar-refractivity contribution in [1.29, 1.82) is 0 Å². The van der Waals surface area contributed by atoms with E-state index in [2.05, 4.69) is 14.7 Å². The van der Waals surface area contributed by atoms with Gasteiger partial charge in [0, 0.05) is 0 Å². The summed E-state index contributed by atoms with van der Waals surface area (Å²) in [6.07, 6.45) is -5.70. The molecule has 0 radical (unpaired) electrons. The fourth-order valence-electron chi connectivity index (χ4n) is 1.96. The quantitative estimate of drug-likeness (QED) is 0.854. The lowest BCUT2D eigenvalue weighted by Crippen LogP contribution is -2.47. The number of rotatable bonds is 4.